The zero-order valence-corrected chi connectivity index (χ0v) is 12.0. The van der Waals surface area contributed by atoms with Gasteiger partial charge < -0.3 is 10.1 Å². The maximum atomic E-state index is 12.1. The average Bonchev–Trinajstić information content (AvgIpc) is 2.53. The first-order chi connectivity index (χ1) is 9.68. The molecule has 1 aliphatic rings. The van der Waals surface area contributed by atoms with Crippen LogP contribution in [0.2, 0.25) is 0 Å². The second-order valence-electron chi connectivity index (χ2n) is 5.02. The fourth-order valence-electron chi connectivity index (χ4n) is 2.27. The summed E-state index contributed by atoms with van der Waals surface area (Å²) in [7, 11) is 0. The predicted molar refractivity (Wildman–Crippen MR) is 79.3 cm³/mol. The summed E-state index contributed by atoms with van der Waals surface area (Å²) in [6.45, 7) is 9.66. The molecule has 1 aliphatic heterocycles. The summed E-state index contributed by atoms with van der Waals surface area (Å²) in [4.78, 5) is 14.4. The van der Waals surface area contributed by atoms with Crippen molar-refractivity contribution in [2.75, 3.05) is 26.3 Å². The van der Waals surface area contributed by atoms with Gasteiger partial charge in [-0.25, -0.2) is 0 Å². The van der Waals surface area contributed by atoms with E-state index in [1.807, 2.05) is 37.3 Å². The molecule has 1 fully saturated rings. The third-order valence-electron chi connectivity index (χ3n) is 3.69. The molecule has 1 unspecified atom stereocenters. The summed E-state index contributed by atoms with van der Waals surface area (Å²) in [6, 6.07) is 9.93. The highest BCUT2D eigenvalue weighted by molar-refractivity contribution is 5.93. The second kappa shape index (κ2) is 7.22. The quantitative estimate of drug-likeness (QED) is 0.829. The highest BCUT2D eigenvalue weighted by Gasteiger charge is 2.22. The first-order valence-electron chi connectivity index (χ1n) is 7.01. The zero-order chi connectivity index (χ0) is 14.4. The van der Waals surface area contributed by atoms with Crippen molar-refractivity contribution in [3.05, 3.63) is 48.0 Å². The lowest BCUT2D eigenvalue weighted by molar-refractivity contribution is -0.118. The van der Waals surface area contributed by atoms with Crippen LogP contribution in [0, 0.1) is 0 Å². The molecule has 1 amide bonds. The van der Waals surface area contributed by atoms with E-state index in [0.29, 0.717) is 12.1 Å². The van der Waals surface area contributed by atoms with Gasteiger partial charge in [-0.2, -0.15) is 0 Å². The Balaban J connectivity index is 1.83. The summed E-state index contributed by atoms with van der Waals surface area (Å²) in [5.74, 6) is -0.0761. The molecule has 0 aliphatic carbocycles. The van der Waals surface area contributed by atoms with Gasteiger partial charge in [-0.15, -0.1) is 0 Å². The van der Waals surface area contributed by atoms with Gasteiger partial charge in [0.05, 0.1) is 13.2 Å². The number of rotatable bonds is 5. The Hall–Kier alpha value is -1.65. The van der Waals surface area contributed by atoms with Crippen molar-refractivity contribution in [1.82, 2.24) is 10.2 Å². The first kappa shape index (κ1) is 14.8. The minimum Gasteiger partial charge on any atom is -0.379 e. The van der Waals surface area contributed by atoms with Crippen molar-refractivity contribution >= 4 is 5.91 Å². The molecular weight excluding hydrogens is 252 g/mol. The van der Waals surface area contributed by atoms with Crippen molar-refractivity contribution < 1.29 is 9.53 Å². The van der Waals surface area contributed by atoms with Crippen LogP contribution in [0.1, 0.15) is 12.5 Å². The molecule has 0 aromatic heterocycles. The smallest absolute Gasteiger partial charge is 0.248 e. The maximum Gasteiger partial charge on any atom is 0.248 e. The highest BCUT2D eigenvalue weighted by atomic mass is 16.5. The third-order valence-corrected chi connectivity index (χ3v) is 3.69. The van der Waals surface area contributed by atoms with Gasteiger partial charge in [-0.05, 0) is 12.5 Å². The first-order valence-corrected chi connectivity index (χ1v) is 7.01. The van der Waals surface area contributed by atoms with Crippen LogP contribution in [0.5, 0.6) is 0 Å². The molecule has 4 nitrogen and oxygen atoms in total. The minimum atomic E-state index is -0.0761. The molecule has 1 aromatic rings. The number of amides is 1. The van der Waals surface area contributed by atoms with Crippen LogP contribution in [0.25, 0.3) is 0 Å². The standard InChI is InChI=1S/C16H22N2O2/c1-13(14(2)18-8-10-20-11-9-18)16(19)17-12-15-6-4-3-5-7-15/h3-7,14H,1,8-12H2,2H3,(H,17,19). The van der Waals surface area contributed by atoms with E-state index < -0.39 is 0 Å². The fraction of sp³-hybridized carbons (Fsp3) is 0.438. The number of hydrogen-bond acceptors (Lipinski definition) is 3. The van der Waals surface area contributed by atoms with E-state index in [1.54, 1.807) is 0 Å². The van der Waals surface area contributed by atoms with Gasteiger partial charge in [0, 0.05) is 31.2 Å². The Morgan fingerprint density at radius 1 is 1.35 bits per heavy atom. The van der Waals surface area contributed by atoms with E-state index in [2.05, 4.69) is 16.8 Å². The second-order valence-corrected chi connectivity index (χ2v) is 5.02. The zero-order valence-electron chi connectivity index (χ0n) is 12.0. The van der Waals surface area contributed by atoms with Gasteiger partial charge in [0.2, 0.25) is 5.91 Å². The molecule has 1 heterocycles. The molecule has 1 atom stereocenters. The van der Waals surface area contributed by atoms with Gasteiger partial charge in [-0.3, -0.25) is 9.69 Å². The fourth-order valence-corrected chi connectivity index (χ4v) is 2.27. The molecule has 4 heteroatoms. The Morgan fingerprint density at radius 2 is 2.00 bits per heavy atom. The lowest BCUT2D eigenvalue weighted by atomic mass is 10.1. The molecule has 0 bridgehead atoms. The SMILES string of the molecule is C=C(C(=O)NCc1ccccc1)C(C)N1CCOCC1. The van der Waals surface area contributed by atoms with Crippen LogP contribution in [0.15, 0.2) is 42.5 Å². The Morgan fingerprint density at radius 3 is 2.65 bits per heavy atom. The Labute approximate surface area is 120 Å². The number of nitrogens with zero attached hydrogens (tertiary/aromatic N) is 1. The van der Waals surface area contributed by atoms with Gasteiger partial charge in [0.1, 0.15) is 0 Å². The summed E-state index contributed by atoms with van der Waals surface area (Å²) in [5, 5.41) is 2.92. The number of morpholine rings is 1. The van der Waals surface area contributed by atoms with Gasteiger partial charge in [0.15, 0.2) is 0 Å². The van der Waals surface area contributed by atoms with Crippen molar-refractivity contribution in [2.24, 2.45) is 0 Å². The minimum absolute atomic E-state index is 0.0506. The van der Waals surface area contributed by atoms with Crippen LogP contribution >= 0.6 is 0 Å². The van der Waals surface area contributed by atoms with Crippen molar-refractivity contribution in [3.8, 4) is 0 Å². The third kappa shape index (κ3) is 3.92. The monoisotopic (exact) mass is 274 g/mol. The molecular formula is C16H22N2O2. The lowest BCUT2D eigenvalue weighted by Gasteiger charge is -2.32. The number of nitrogens with one attached hydrogen (secondary N) is 1. The topological polar surface area (TPSA) is 41.6 Å². The molecule has 1 aromatic carbocycles. The largest absolute Gasteiger partial charge is 0.379 e. The Kier molecular flexibility index (Phi) is 5.32. The van der Waals surface area contributed by atoms with Gasteiger partial charge in [0.25, 0.3) is 0 Å². The molecule has 20 heavy (non-hydrogen) atoms. The molecule has 1 N–H and O–H groups in total. The van der Waals surface area contributed by atoms with Crippen LogP contribution in [0.3, 0.4) is 0 Å². The van der Waals surface area contributed by atoms with Crippen LogP contribution in [-0.2, 0) is 16.1 Å². The van der Waals surface area contributed by atoms with Gasteiger partial charge in [-0.1, -0.05) is 36.9 Å². The number of carbonyl (C=O) groups is 1. The summed E-state index contributed by atoms with van der Waals surface area (Å²) >= 11 is 0. The van der Waals surface area contributed by atoms with E-state index in [0.717, 1.165) is 31.9 Å². The number of benzene rings is 1. The van der Waals surface area contributed by atoms with E-state index in [-0.39, 0.29) is 11.9 Å². The predicted octanol–water partition coefficient (Wildman–Crippen LogP) is 1.58. The number of carbonyl (C=O) groups excluding carboxylic acids is 1. The molecule has 1 saturated heterocycles. The summed E-state index contributed by atoms with van der Waals surface area (Å²) in [5.41, 5.74) is 1.70. The van der Waals surface area contributed by atoms with E-state index in [9.17, 15) is 4.79 Å². The van der Waals surface area contributed by atoms with Crippen LogP contribution in [-0.4, -0.2) is 43.2 Å². The maximum absolute atomic E-state index is 12.1. The average molecular weight is 274 g/mol. The lowest BCUT2D eigenvalue weighted by Crippen LogP contribution is -2.45. The number of hydrogen-bond donors (Lipinski definition) is 1. The van der Waals surface area contributed by atoms with E-state index >= 15 is 0 Å². The summed E-state index contributed by atoms with van der Waals surface area (Å²) < 4.78 is 5.32. The molecule has 0 saturated carbocycles. The van der Waals surface area contributed by atoms with E-state index in [4.69, 9.17) is 4.74 Å². The normalized spacial score (nSPS) is 17.4. The summed E-state index contributed by atoms with van der Waals surface area (Å²) in [6.07, 6.45) is 0. The van der Waals surface area contributed by atoms with Crippen LogP contribution < -0.4 is 5.32 Å². The molecule has 108 valence electrons. The van der Waals surface area contributed by atoms with Crippen molar-refractivity contribution in [3.63, 3.8) is 0 Å². The van der Waals surface area contributed by atoms with E-state index in [1.165, 1.54) is 0 Å². The Bertz CT molecular complexity index is 453. The molecule has 0 spiro atoms. The molecule has 2 rings (SSSR count). The van der Waals surface area contributed by atoms with Gasteiger partial charge >= 0.3 is 0 Å². The molecule has 0 radical (unpaired) electrons. The highest BCUT2D eigenvalue weighted by Crippen LogP contribution is 2.11. The van der Waals surface area contributed by atoms with Crippen LogP contribution in [0.4, 0.5) is 0 Å². The van der Waals surface area contributed by atoms with Crippen molar-refractivity contribution in [1.29, 1.82) is 0 Å². The number of ether oxygens (including phenoxy) is 1. The van der Waals surface area contributed by atoms with Crippen molar-refractivity contribution in [2.45, 2.75) is 19.5 Å².